The van der Waals surface area contributed by atoms with Gasteiger partial charge in [0.25, 0.3) is 0 Å². The van der Waals surface area contributed by atoms with Gasteiger partial charge in [0, 0.05) is 5.56 Å². The molecule has 0 aliphatic carbocycles. The minimum atomic E-state index is -4.70. The number of carbonyl (C=O) groups is 1. The Hall–Kier alpha value is -1.17. The van der Waals surface area contributed by atoms with Crippen LogP contribution in [0.1, 0.15) is 15.9 Å². The van der Waals surface area contributed by atoms with Gasteiger partial charge >= 0.3 is 11.6 Å². The maximum absolute atomic E-state index is 12.4. The van der Waals surface area contributed by atoms with Gasteiger partial charge in [0.1, 0.15) is 0 Å². The second-order valence-electron chi connectivity index (χ2n) is 2.91. The van der Waals surface area contributed by atoms with Gasteiger partial charge in [-0.15, -0.1) is 0 Å². The van der Waals surface area contributed by atoms with Gasteiger partial charge in [0.15, 0.2) is 0 Å². The van der Waals surface area contributed by atoms with Crippen LogP contribution in [0.4, 0.5) is 22.0 Å². The van der Waals surface area contributed by atoms with E-state index in [1.807, 2.05) is 0 Å². The van der Waals surface area contributed by atoms with Crippen molar-refractivity contribution in [3.05, 3.63) is 35.4 Å². The monoisotopic (exact) mass is 258 g/mol. The van der Waals surface area contributed by atoms with Crippen molar-refractivity contribution in [2.75, 3.05) is 0 Å². The summed E-state index contributed by atoms with van der Waals surface area (Å²) in [6.07, 6.45) is -4.70. The maximum atomic E-state index is 12.4. The van der Waals surface area contributed by atoms with E-state index in [0.29, 0.717) is 12.1 Å². The zero-order chi connectivity index (χ0) is 12.6. The van der Waals surface area contributed by atoms with Crippen molar-refractivity contribution in [2.24, 2.45) is 0 Å². The number of Topliss-reactive ketones (excluding diaryl/α,β-unsaturated/α-hetero) is 1. The summed E-state index contributed by atoms with van der Waals surface area (Å²) in [5.74, 6) is -1.86. The number of hydrogen-bond donors (Lipinski definition) is 0. The third-order valence-electron chi connectivity index (χ3n) is 1.71. The Bertz CT molecular complexity index is 407. The molecule has 0 aliphatic rings. The van der Waals surface area contributed by atoms with Crippen LogP contribution in [-0.2, 0) is 6.18 Å². The van der Waals surface area contributed by atoms with Crippen molar-refractivity contribution in [3.63, 3.8) is 0 Å². The quantitative estimate of drug-likeness (QED) is 0.449. The molecule has 0 saturated carbocycles. The predicted molar refractivity (Wildman–Crippen MR) is 46.6 cm³/mol. The van der Waals surface area contributed by atoms with E-state index >= 15 is 0 Å². The van der Waals surface area contributed by atoms with E-state index in [1.165, 1.54) is 0 Å². The summed E-state index contributed by atoms with van der Waals surface area (Å²) < 4.78 is 61.3. The molecule has 1 aromatic carbocycles. The fourth-order valence-electron chi connectivity index (χ4n) is 1.00. The largest absolute Gasteiger partial charge is 0.416 e. The van der Waals surface area contributed by atoms with E-state index in [9.17, 15) is 26.7 Å². The van der Waals surface area contributed by atoms with Crippen LogP contribution in [0, 0.1) is 0 Å². The van der Waals surface area contributed by atoms with Crippen LogP contribution in [0.5, 0.6) is 0 Å². The van der Waals surface area contributed by atoms with Gasteiger partial charge in [-0.25, -0.2) is 0 Å². The lowest BCUT2D eigenvalue weighted by atomic mass is 10.1. The number of carbonyl (C=O) groups excluding carboxylic acids is 1. The van der Waals surface area contributed by atoms with Gasteiger partial charge in [-0.1, -0.05) is 12.1 Å². The average Bonchev–Trinajstić information content (AvgIpc) is 2.14. The summed E-state index contributed by atoms with van der Waals surface area (Å²) in [6.45, 7) is 0. The molecule has 0 radical (unpaired) electrons. The molecular weight excluding hydrogens is 255 g/mol. The fraction of sp³-hybridized carbons (Fsp3) is 0.222. The second-order valence-corrected chi connectivity index (χ2v) is 3.38. The first-order chi connectivity index (χ1) is 7.12. The Kier molecular flexibility index (Phi) is 3.23. The smallest absolute Gasteiger partial charge is 0.286 e. The summed E-state index contributed by atoms with van der Waals surface area (Å²) in [6, 6.07) is 2.70. The highest BCUT2D eigenvalue weighted by Crippen LogP contribution is 2.31. The number of ketones is 1. The molecule has 0 amide bonds. The molecule has 1 nitrogen and oxygen atoms in total. The zero-order valence-electron chi connectivity index (χ0n) is 7.49. The molecule has 0 heterocycles. The summed E-state index contributed by atoms with van der Waals surface area (Å²) in [7, 11) is 0. The van der Waals surface area contributed by atoms with E-state index in [2.05, 4.69) is 11.6 Å². The lowest BCUT2D eigenvalue weighted by Gasteiger charge is -2.10. The van der Waals surface area contributed by atoms with Gasteiger partial charge in [0.05, 0.1) is 5.56 Å². The molecule has 0 saturated heterocycles. The molecule has 88 valence electrons. The minimum absolute atomic E-state index is 0.332. The van der Waals surface area contributed by atoms with Crippen LogP contribution >= 0.6 is 11.6 Å². The molecule has 0 aromatic heterocycles. The number of halogens is 6. The molecule has 7 heteroatoms. The summed E-state index contributed by atoms with van der Waals surface area (Å²) in [5, 5.41) is -4.20. The standard InChI is InChI=1S/C9H4ClF5O/c10-8(11,12)7(16)5-2-1-3-6(4-5)9(13,14)15/h1-4H. The molecular formula is C9H4ClF5O. The summed E-state index contributed by atoms with van der Waals surface area (Å²) in [5.41, 5.74) is -1.96. The minimum Gasteiger partial charge on any atom is -0.286 e. The highest BCUT2D eigenvalue weighted by atomic mass is 35.5. The van der Waals surface area contributed by atoms with E-state index in [-0.39, 0.29) is 0 Å². The van der Waals surface area contributed by atoms with Gasteiger partial charge in [-0.2, -0.15) is 22.0 Å². The molecule has 16 heavy (non-hydrogen) atoms. The first-order valence-corrected chi connectivity index (χ1v) is 4.29. The Balaban J connectivity index is 3.14. The Labute approximate surface area is 91.8 Å². The van der Waals surface area contributed by atoms with Gasteiger partial charge in [-0.3, -0.25) is 4.79 Å². The third-order valence-corrected chi connectivity index (χ3v) is 1.88. The number of rotatable bonds is 2. The van der Waals surface area contributed by atoms with E-state index in [1.54, 1.807) is 0 Å². The van der Waals surface area contributed by atoms with E-state index in [4.69, 9.17) is 0 Å². The zero-order valence-corrected chi connectivity index (χ0v) is 8.24. The van der Waals surface area contributed by atoms with Crippen LogP contribution in [0.3, 0.4) is 0 Å². The molecule has 1 aromatic rings. The third kappa shape index (κ3) is 2.91. The SMILES string of the molecule is O=C(c1cccc(C(F)(F)F)c1)C(F)(F)Cl. The van der Waals surface area contributed by atoms with Crippen LogP contribution in [-0.4, -0.2) is 11.2 Å². The number of alkyl halides is 6. The van der Waals surface area contributed by atoms with Crippen LogP contribution < -0.4 is 0 Å². The molecule has 0 aliphatic heterocycles. The molecule has 1 rings (SSSR count). The summed E-state index contributed by atoms with van der Waals surface area (Å²) >= 11 is 4.42. The van der Waals surface area contributed by atoms with Crippen molar-refractivity contribution in [2.45, 2.75) is 11.6 Å². The molecule has 0 fully saturated rings. The maximum Gasteiger partial charge on any atom is 0.416 e. The van der Waals surface area contributed by atoms with Crippen LogP contribution in [0.2, 0.25) is 0 Å². The topological polar surface area (TPSA) is 17.1 Å². The second kappa shape index (κ2) is 4.01. The molecule has 0 unspecified atom stereocenters. The lowest BCUT2D eigenvalue weighted by Crippen LogP contribution is -2.22. The Morgan fingerprint density at radius 1 is 1.12 bits per heavy atom. The fourth-order valence-corrected chi connectivity index (χ4v) is 1.11. The Morgan fingerprint density at radius 2 is 1.69 bits per heavy atom. The first kappa shape index (κ1) is 12.9. The van der Waals surface area contributed by atoms with E-state index in [0.717, 1.165) is 12.1 Å². The van der Waals surface area contributed by atoms with Gasteiger partial charge in [-0.05, 0) is 23.7 Å². The first-order valence-electron chi connectivity index (χ1n) is 3.91. The van der Waals surface area contributed by atoms with Gasteiger partial charge in [0.2, 0.25) is 5.78 Å². The van der Waals surface area contributed by atoms with Crippen molar-refractivity contribution < 1.29 is 26.7 Å². The lowest BCUT2D eigenvalue weighted by molar-refractivity contribution is -0.137. The van der Waals surface area contributed by atoms with Crippen molar-refractivity contribution >= 4 is 17.4 Å². The average molecular weight is 259 g/mol. The molecule has 0 atom stereocenters. The number of benzene rings is 1. The molecule has 0 bridgehead atoms. The summed E-state index contributed by atoms with van der Waals surface area (Å²) in [4.78, 5) is 10.9. The van der Waals surface area contributed by atoms with E-state index < -0.39 is 28.5 Å². The Morgan fingerprint density at radius 3 is 2.12 bits per heavy atom. The number of hydrogen-bond acceptors (Lipinski definition) is 1. The van der Waals surface area contributed by atoms with Crippen LogP contribution in [0.15, 0.2) is 24.3 Å². The van der Waals surface area contributed by atoms with Crippen molar-refractivity contribution in [3.8, 4) is 0 Å². The molecule has 0 spiro atoms. The van der Waals surface area contributed by atoms with Crippen molar-refractivity contribution in [1.82, 2.24) is 0 Å². The highest BCUT2D eigenvalue weighted by Gasteiger charge is 2.38. The van der Waals surface area contributed by atoms with Gasteiger partial charge < -0.3 is 0 Å². The molecule has 0 N–H and O–H groups in total. The normalized spacial score (nSPS) is 12.6. The predicted octanol–water partition coefficient (Wildman–Crippen LogP) is 3.72. The van der Waals surface area contributed by atoms with Crippen molar-refractivity contribution in [1.29, 1.82) is 0 Å². The van der Waals surface area contributed by atoms with Crippen LogP contribution in [0.25, 0.3) is 0 Å². The highest BCUT2D eigenvalue weighted by molar-refractivity contribution is 6.35.